The van der Waals surface area contributed by atoms with Crippen LogP contribution in [0.4, 0.5) is 0 Å². The number of nitrogens with two attached hydrogens (primary N) is 1. The Morgan fingerprint density at radius 1 is 1.21 bits per heavy atom. The maximum Gasteiger partial charge on any atom is 0.140 e. The molecule has 19 heavy (non-hydrogen) atoms. The number of benzene rings is 1. The highest BCUT2D eigenvalue weighted by atomic mass is 16.5. The van der Waals surface area contributed by atoms with Crippen molar-refractivity contribution in [1.29, 1.82) is 0 Å². The summed E-state index contributed by atoms with van der Waals surface area (Å²) in [7, 11) is 0. The van der Waals surface area contributed by atoms with Crippen LogP contribution in [0.3, 0.4) is 0 Å². The van der Waals surface area contributed by atoms with Crippen LogP contribution < -0.4 is 10.5 Å². The Morgan fingerprint density at radius 3 is 2.63 bits per heavy atom. The second-order valence-electron chi connectivity index (χ2n) is 4.95. The molecular weight excluding hydrogens is 236 g/mol. The second kappa shape index (κ2) is 5.85. The van der Waals surface area contributed by atoms with E-state index in [1.165, 1.54) is 5.56 Å². The van der Waals surface area contributed by atoms with E-state index in [0.29, 0.717) is 0 Å². The molecule has 2 N–H and O–H groups in total. The van der Waals surface area contributed by atoms with Crippen molar-refractivity contribution in [3.63, 3.8) is 0 Å². The number of hydrogen-bond donors (Lipinski definition) is 1. The fraction of sp³-hybridized carbons (Fsp3) is 0.312. The molecular formula is C16H20N2O. The lowest BCUT2D eigenvalue weighted by atomic mass is 10.1. The summed E-state index contributed by atoms with van der Waals surface area (Å²) >= 11 is 0. The highest BCUT2D eigenvalue weighted by molar-refractivity contribution is 5.36. The van der Waals surface area contributed by atoms with Crippen LogP contribution >= 0.6 is 0 Å². The molecule has 1 aromatic carbocycles. The van der Waals surface area contributed by atoms with E-state index in [9.17, 15) is 0 Å². The summed E-state index contributed by atoms with van der Waals surface area (Å²) in [5.41, 5.74) is 9.34. The highest BCUT2D eigenvalue weighted by Crippen LogP contribution is 2.27. The first kappa shape index (κ1) is 13.6. The molecule has 0 bridgehead atoms. The summed E-state index contributed by atoms with van der Waals surface area (Å²) < 4.78 is 6.11. The van der Waals surface area contributed by atoms with Crippen molar-refractivity contribution in [2.75, 3.05) is 0 Å². The van der Waals surface area contributed by atoms with E-state index in [0.717, 1.165) is 16.9 Å². The maximum atomic E-state index is 6.11. The number of aromatic nitrogens is 1. The molecule has 3 nitrogen and oxygen atoms in total. The lowest BCUT2D eigenvalue weighted by Crippen LogP contribution is -2.29. The van der Waals surface area contributed by atoms with E-state index in [-0.39, 0.29) is 12.1 Å². The average molecular weight is 256 g/mol. The Morgan fingerprint density at radius 2 is 2.00 bits per heavy atom. The van der Waals surface area contributed by atoms with E-state index in [1.54, 1.807) is 12.4 Å². The summed E-state index contributed by atoms with van der Waals surface area (Å²) in [4.78, 5) is 4.13. The van der Waals surface area contributed by atoms with Gasteiger partial charge in [0.25, 0.3) is 0 Å². The Balaban J connectivity index is 2.29. The summed E-state index contributed by atoms with van der Waals surface area (Å²) in [5.74, 6) is 0.881. The average Bonchev–Trinajstić information content (AvgIpc) is 2.40. The van der Waals surface area contributed by atoms with E-state index in [2.05, 4.69) is 24.0 Å². The first-order valence-corrected chi connectivity index (χ1v) is 6.47. The third-order valence-electron chi connectivity index (χ3n) is 3.09. The molecule has 0 spiro atoms. The summed E-state index contributed by atoms with van der Waals surface area (Å²) in [6.07, 6.45) is 3.37. The van der Waals surface area contributed by atoms with Crippen LogP contribution in [0.25, 0.3) is 0 Å². The van der Waals surface area contributed by atoms with E-state index in [4.69, 9.17) is 10.5 Å². The number of hydrogen-bond acceptors (Lipinski definition) is 3. The predicted octanol–water partition coefficient (Wildman–Crippen LogP) is 3.17. The van der Waals surface area contributed by atoms with Gasteiger partial charge in [0.2, 0.25) is 0 Å². The fourth-order valence-corrected chi connectivity index (χ4v) is 1.99. The molecule has 0 saturated heterocycles. The lowest BCUT2D eigenvalue weighted by molar-refractivity contribution is 0.179. The zero-order valence-electron chi connectivity index (χ0n) is 11.6. The number of aryl methyl sites for hydroxylation is 2. The Labute approximate surface area is 114 Å². The van der Waals surface area contributed by atoms with Gasteiger partial charge in [0, 0.05) is 24.0 Å². The van der Waals surface area contributed by atoms with Crippen LogP contribution in [0.1, 0.15) is 29.7 Å². The molecule has 0 aliphatic heterocycles. The van der Waals surface area contributed by atoms with Crippen molar-refractivity contribution < 1.29 is 4.74 Å². The molecule has 3 heteroatoms. The van der Waals surface area contributed by atoms with Crippen LogP contribution in [0.15, 0.2) is 42.7 Å². The Bertz CT molecular complexity index is 538. The topological polar surface area (TPSA) is 48.1 Å². The molecule has 0 amide bonds. The predicted molar refractivity (Wildman–Crippen MR) is 77.2 cm³/mol. The van der Waals surface area contributed by atoms with Crippen molar-refractivity contribution >= 4 is 0 Å². The minimum Gasteiger partial charge on any atom is -0.484 e. The van der Waals surface area contributed by atoms with Gasteiger partial charge in [-0.05, 0) is 44.0 Å². The van der Waals surface area contributed by atoms with Crippen molar-refractivity contribution in [3.05, 3.63) is 59.4 Å². The van der Waals surface area contributed by atoms with Gasteiger partial charge in [0.05, 0.1) is 0 Å². The number of pyridine rings is 1. The molecule has 100 valence electrons. The van der Waals surface area contributed by atoms with E-state index < -0.39 is 0 Å². The first-order chi connectivity index (χ1) is 9.08. The standard InChI is InChI=1S/C16H20N2O/c1-11-6-7-12(2)15(9-11)19-16(13(3)17)14-5-4-8-18-10-14/h4-10,13,16H,17H2,1-3H3. The van der Waals surface area contributed by atoms with Crippen LogP contribution in [0, 0.1) is 13.8 Å². The van der Waals surface area contributed by atoms with Crippen LogP contribution in [-0.4, -0.2) is 11.0 Å². The lowest BCUT2D eigenvalue weighted by Gasteiger charge is -2.23. The summed E-state index contributed by atoms with van der Waals surface area (Å²) in [5, 5.41) is 0. The van der Waals surface area contributed by atoms with Crippen molar-refractivity contribution in [3.8, 4) is 5.75 Å². The molecule has 2 aromatic rings. The van der Waals surface area contributed by atoms with Gasteiger partial charge >= 0.3 is 0 Å². The van der Waals surface area contributed by atoms with Gasteiger partial charge in [-0.3, -0.25) is 4.98 Å². The van der Waals surface area contributed by atoms with Crippen molar-refractivity contribution in [1.82, 2.24) is 4.98 Å². The molecule has 0 aliphatic rings. The SMILES string of the molecule is Cc1ccc(C)c(OC(c2cccnc2)C(C)N)c1. The maximum absolute atomic E-state index is 6.11. The Kier molecular flexibility index (Phi) is 4.17. The van der Waals surface area contributed by atoms with Crippen molar-refractivity contribution in [2.45, 2.75) is 32.9 Å². The second-order valence-corrected chi connectivity index (χ2v) is 4.95. The number of rotatable bonds is 4. The normalized spacial score (nSPS) is 13.9. The number of ether oxygens (including phenoxy) is 1. The summed E-state index contributed by atoms with van der Waals surface area (Å²) in [6, 6.07) is 9.97. The molecule has 0 saturated carbocycles. The monoisotopic (exact) mass is 256 g/mol. The minimum absolute atomic E-state index is 0.107. The minimum atomic E-state index is -0.186. The van der Waals surface area contributed by atoms with Gasteiger partial charge in [-0.2, -0.15) is 0 Å². The zero-order valence-corrected chi connectivity index (χ0v) is 11.6. The van der Waals surface area contributed by atoms with Gasteiger partial charge in [0.15, 0.2) is 0 Å². The van der Waals surface area contributed by atoms with Crippen molar-refractivity contribution in [2.24, 2.45) is 5.73 Å². The zero-order chi connectivity index (χ0) is 13.8. The number of nitrogens with zero attached hydrogens (tertiary/aromatic N) is 1. The van der Waals surface area contributed by atoms with Crippen LogP contribution in [0.2, 0.25) is 0 Å². The fourth-order valence-electron chi connectivity index (χ4n) is 1.99. The largest absolute Gasteiger partial charge is 0.484 e. The molecule has 0 aliphatic carbocycles. The molecule has 2 rings (SSSR count). The van der Waals surface area contributed by atoms with Gasteiger partial charge < -0.3 is 10.5 Å². The highest BCUT2D eigenvalue weighted by Gasteiger charge is 2.19. The van der Waals surface area contributed by atoms with Gasteiger partial charge in [0.1, 0.15) is 11.9 Å². The molecule has 2 unspecified atom stereocenters. The van der Waals surface area contributed by atoms with E-state index >= 15 is 0 Å². The molecule has 0 fully saturated rings. The third-order valence-corrected chi connectivity index (χ3v) is 3.09. The molecule has 0 radical (unpaired) electrons. The van der Waals surface area contributed by atoms with Gasteiger partial charge in [-0.1, -0.05) is 18.2 Å². The summed E-state index contributed by atoms with van der Waals surface area (Å²) in [6.45, 7) is 6.04. The van der Waals surface area contributed by atoms with Gasteiger partial charge in [-0.15, -0.1) is 0 Å². The first-order valence-electron chi connectivity index (χ1n) is 6.47. The van der Waals surface area contributed by atoms with Crippen LogP contribution in [0.5, 0.6) is 5.75 Å². The smallest absolute Gasteiger partial charge is 0.140 e. The molecule has 2 atom stereocenters. The molecule has 1 heterocycles. The van der Waals surface area contributed by atoms with E-state index in [1.807, 2.05) is 32.0 Å². The van der Waals surface area contributed by atoms with Crippen LogP contribution in [-0.2, 0) is 0 Å². The third kappa shape index (κ3) is 3.32. The molecule has 1 aromatic heterocycles. The Hall–Kier alpha value is -1.87. The van der Waals surface area contributed by atoms with Gasteiger partial charge in [-0.25, -0.2) is 0 Å². The quantitative estimate of drug-likeness (QED) is 0.914.